The molecule has 21 heavy (non-hydrogen) atoms. The monoisotopic (exact) mass is 285 g/mol. The molecule has 3 heteroatoms. The third-order valence-corrected chi connectivity index (χ3v) is 4.28. The number of aromatic nitrogens is 2. The zero-order valence-electron chi connectivity index (χ0n) is 13.3. The molecule has 0 spiro atoms. The molecule has 0 N–H and O–H groups in total. The number of nitrogens with zero attached hydrogens (tertiary/aromatic N) is 2. The Kier molecular flexibility index (Phi) is 4.00. The summed E-state index contributed by atoms with van der Waals surface area (Å²) in [5.74, 6) is 1.06. The number of aryl methyl sites for hydroxylation is 3. The molecule has 0 radical (unpaired) electrons. The Morgan fingerprint density at radius 3 is 2.95 bits per heavy atom. The van der Waals surface area contributed by atoms with Gasteiger partial charge in [-0.05, 0) is 43.9 Å². The highest BCUT2D eigenvalue weighted by Gasteiger charge is 2.29. The van der Waals surface area contributed by atoms with E-state index in [1.807, 2.05) is 0 Å². The van der Waals surface area contributed by atoms with Crippen LogP contribution in [0.15, 0.2) is 30.9 Å². The molecule has 2 heterocycles. The smallest absolute Gasteiger partial charge is 0.246 e. The van der Waals surface area contributed by atoms with Crippen LogP contribution >= 0.6 is 0 Å². The lowest BCUT2D eigenvalue weighted by atomic mass is 10.0. The van der Waals surface area contributed by atoms with Crippen LogP contribution in [0.4, 0.5) is 0 Å². The molecule has 1 aliphatic rings. The fourth-order valence-electron chi connectivity index (χ4n) is 3.11. The predicted molar refractivity (Wildman–Crippen MR) is 83.4 cm³/mol. The van der Waals surface area contributed by atoms with Crippen LogP contribution in [0.3, 0.4) is 0 Å². The standard InChI is InChI=1S/C18H25N2O/c1-4-5-6-7-19-8-9-20(13-19)18-12-16-15(3)10-14(2)11-17(16)21-18/h8-11,13,18H,4-7,12H2,1-3H3/q+1. The van der Waals surface area contributed by atoms with Crippen LogP contribution in [0.1, 0.15) is 49.1 Å². The summed E-state index contributed by atoms with van der Waals surface area (Å²) in [7, 11) is 0. The number of ether oxygens (including phenoxy) is 1. The third-order valence-electron chi connectivity index (χ3n) is 4.28. The van der Waals surface area contributed by atoms with Gasteiger partial charge in [-0.3, -0.25) is 0 Å². The zero-order chi connectivity index (χ0) is 14.8. The minimum Gasteiger partial charge on any atom is -0.451 e. The summed E-state index contributed by atoms with van der Waals surface area (Å²) in [5.41, 5.74) is 3.97. The maximum absolute atomic E-state index is 6.14. The molecule has 1 unspecified atom stereocenters. The first kappa shape index (κ1) is 14.2. The number of fused-ring (bicyclic) bond motifs is 1. The van der Waals surface area contributed by atoms with Crippen molar-refractivity contribution in [1.82, 2.24) is 4.57 Å². The normalized spacial score (nSPS) is 16.8. The van der Waals surface area contributed by atoms with E-state index in [1.165, 1.54) is 36.0 Å². The molecular weight excluding hydrogens is 260 g/mol. The second kappa shape index (κ2) is 5.92. The molecule has 3 nitrogen and oxygen atoms in total. The summed E-state index contributed by atoms with van der Waals surface area (Å²) in [5, 5.41) is 0. The Morgan fingerprint density at radius 2 is 2.14 bits per heavy atom. The van der Waals surface area contributed by atoms with Gasteiger partial charge < -0.3 is 4.74 Å². The molecule has 0 saturated heterocycles. The van der Waals surface area contributed by atoms with Gasteiger partial charge in [0.25, 0.3) is 0 Å². The summed E-state index contributed by atoms with van der Waals surface area (Å²) < 4.78 is 10.6. The van der Waals surface area contributed by atoms with Crippen molar-refractivity contribution in [2.75, 3.05) is 0 Å². The first-order valence-electron chi connectivity index (χ1n) is 8.00. The van der Waals surface area contributed by atoms with E-state index in [9.17, 15) is 0 Å². The first-order chi connectivity index (χ1) is 10.2. The van der Waals surface area contributed by atoms with Gasteiger partial charge in [0.05, 0.1) is 13.0 Å². The Labute approximate surface area is 127 Å². The molecule has 0 saturated carbocycles. The lowest BCUT2D eigenvalue weighted by Crippen LogP contribution is -2.31. The SMILES string of the molecule is CCCCC[n+]1ccn(C2Cc3c(C)cc(C)cc3O2)c1. The number of imidazole rings is 1. The van der Waals surface area contributed by atoms with Gasteiger partial charge in [0.2, 0.25) is 12.6 Å². The Hall–Kier alpha value is -1.77. The Morgan fingerprint density at radius 1 is 1.29 bits per heavy atom. The fraction of sp³-hybridized carbons (Fsp3) is 0.500. The lowest BCUT2D eigenvalue weighted by Gasteiger charge is -2.06. The van der Waals surface area contributed by atoms with E-state index in [-0.39, 0.29) is 6.23 Å². The largest absolute Gasteiger partial charge is 0.451 e. The summed E-state index contributed by atoms with van der Waals surface area (Å²) in [4.78, 5) is 0. The van der Waals surface area contributed by atoms with Gasteiger partial charge in [0.1, 0.15) is 18.1 Å². The van der Waals surface area contributed by atoms with Crippen LogP contribution < -0.4 is 9.30 Å². The Bertz CT molecular complexity index is 630. The highest BCUT2D eigenvalue weighted by Crippen LogP contribution is 2.36. The van der Waals surface area contributed by atoms with E-state index in [0.717, 1.165) is 18.7 Å². The average Bonchev–Trinajstić information content (AvgIpc) is 3.05. The Balaban J connectivity index is 1.71. The number of hydrogen-bond acceptors (Lipinski definition) is 1. The van der Waals surface area contributed by atoms with Crippen molar-refractivity contribution in [1.29, 1.82) is 0 Å². The van der Waals surface area contributed by atoms with Crippen molar-refractivity contribution in [3.63, 3.8) is 0 Å². The summed E-state index contributed by atoms with van der Waals surface area (Å²) >= 11 is 0. The van der Waals surface area contributed by atoms with E-state index < -0.39 is 0 Å². The van der Waals surface area contributed by atoms with Crippen molar-refractivity contribution < 1.29 is 9.30 Å². The van der Waals surface area contributed by atoms with Crippen LogP contribution in [-0.2, 0) is 13.0 Å². The molecule has 2 aromatic rings. The van der Waals surface area contributed by atoms with E-state index in [4.69, 9.17) is 4.74 Å². The molecule has 1 aromatic heterocycles. The number of hydrogen-bond donors (Lipinski definition) is 0. The molecule has 0 aliphatic carbocycles. The van der Waals surface area contributed by atoms with Crippen LogP contribution in [0.2, 0.25) is 0 Å². The van der Waals surface area contributed by atoms with Gasteiger partial charge in [-0.25, -0.2) is 4.57 Å². The van der Waals surface area contributed by atoms with Gasteiger partial charge in [-0.15, -0.1) is 0 Å². The van der Waals surface area contributed by atoms with Crippen molar-refractivity contribution in [3.05, 3.63) is 47.5 Å². The van der Waals surface area contributed by atoms with Gasteiger partial charge in [0, 0.05) is 5.56 Å². The molecule has 1 atom stereocenters. The molecule has 0 fully saturated rings. The minimum atomic E-state index is 0.105. The predicted octanol–water partition coefficient (Wildman–Crippen LogP) is 3.72. The third kappa shape index (κ3) is 2.97. The van der Waals surface area contributed by atoms with Gasteiger partial charge in [-0.2, -0.15) is 4.57 Å². The number of unbranched alkanes of at least 4 members (excludes halogenated alkanes) is 2. The minimum absolute atomic E-state index is 0.105. The van der Waals surface area contributed by atoms with Crippen LogP contribution in [0.5, 0.6) is 5.75 Å². The van der Waals surface area contributed by atoms with Gasteiger partial charge >= 0.3 is 0 Å². The van der Waals surface area contributed by atoms with E-state index in [2.05, 4.69) is 60.8 Å². The quantitative estimate of drug-likeness (QED) is 0.605. The first-order valence-corrected chi connectivity index (χ1v) is 8.00. The van der Waals surface area contributed by atoms with Crippen molar-refractivity contribution >= 4 is 0 Å². The second-order valence-corrected chi connectivity index (χ2v) is 6.14. The summed E-state index contributed by atoms with van der Waals surface area (Å²) in [6.07, 6.45) is 11.3. The highest BCUT2D eigenvalue weighted by atomic mass is 16.5. The van der Waals surface area contributed by atoms with E-state index >= 15 is 0 Å². The van der Waals surface area contributed by atoms with E-state index in [1.54, 1.807) is 0 Å². The van der Waals surface area contributed by atoms with Crippen molar-refractivity contribution in [2.24, 2.45) is 0 Å². The van der Waals surface area contributed by atoms with E-state index in [0.29, 0.717) is 0 Å². The molecule has 3 rings (SSSR count). The fourth-order valence-corrected chi connectivity index (χ4v) is 3.11. The van der Waals surface area contributed by atoms with Gasteiger partial charge in [0.15, 0.2) is 0 Å². The maximum atomic E-state index is 6.14. The molecule has 0 bridgehead atoms. The van der Waals surface area contributed by atoms with Crippen LogP contribution in [0, 0.1) is 13.8 Å². The van der Waals surface area contributed by atoms with Gasteiger partial charge in [-0.1, -0.05) is 19.4 Å². The lowest BCUT2D eigenvalue weighted by molar-refractivity contribution is -0.697. The molecule has 1 aliphatic heterocycles. The zero-order valence-corrected chi connectivity index (χ0v) is 13.3. The van der Waals surface area contributed by atoms with Crippen LogP contribution in [0.25, 0.3) is 0 Å². The second-order valence-electron chi connectivity index (χ2n) is 6.14. The number of rotatable bonds is 5. The molecule has 0 amide bonds. The van der Waals surface area contributed by atoms with Crippen LogP contribution in [-0.4, -0.2) is 4.57 Å². The maximum Gasteiger partial charge on any atom is 0.246 e. The average molecular weight is 285 g/mol. The molecule has 112 valence electrons. The summed E-state index contributed by atoms with van der Waals surface area (Å²) in [6.45, 7) is 7.64. The molecule has 1 aromatic carbocycles. The summed E-state index contributed by atoms with van der Waals surface area (Å²) in [6, 6.07) is 4.40. The topological polar surface area (TPSA) is 18.0 Å². The molecular formula is C18H25N2O+. The highest BCUT2D eigenvalue weighted by molar-refractivity contribution is 5.45. The number of benzene rings is 1. The van der Waals surface area contributed by atoms with Crippen molar-refractivity contribution in [2.45, 2.75) is 59.2 Å². The van der Waals surface area contributed by atoms with Crippen molar-refractivity contribution in [3.8, 4) is 5.75 Å².